The summed E-state index contributed by atoms with van der Waals surface area (Å²) in [7, 11) is 0. The van der Waals surface area contributed by atoms with Crippen molar-refractivity contribution >= 4 is 23.3 Å². The lowest BCUT2D eigenvalue weighted by molar-refractivity contribution is -0.264. The van der Waals surface area contributed by atoms with E-state index in [2.05, 4.69) is 129 Å². The van der Waals surface area contributed by atoms with E-state index >= 15 is 0 Å². The number of hydrogen-bond donors (Lipinski definition) is 3. The van der Waals surface area contributed by atoms with Gasteiger partial charge in [-0.1, -0.05) is 31.7 Å². The van der Waals surface area contributed by atoms with Crippen molar-refractivity contribution in [1.82, 2.24) is 20.4 Å². The number of hydrogen-bond acceptors (Lipinski definition) is 8. The number of likely N-dealkylation sites (N-methyl/N-ethyl adjacent to an activating group) is 2. The van der Waals surface area contributed by atoms with Gasteiger partial charge in [-0.3, -0.25) is 15.5 Å². The molecule has 2 aromatic rings. The highest BCUT2D eigenvalue weighted by Gasteiger charge is 2.57. The van der Waals surface area contributed by atoms with Crippen LogP contribution in [-0.2, 0) is 4.74 Å². The molecule has 4 rings (SSSR count). The van der Waals surface area contributed by atoms with Crippen LogP contribution in [0.3, 0.4) is 0 Å². The minimum absolute atomic E-state index is 0.0327. The second-order valence-electron chi connectivity index (χ2n) is 16.8. The van der Waals surface area contributed by atoms with Crippen molar-refractivity contribution in [2.75, 3.05) is 19.6 Å². The number of aliphatic hydroxyl groups is 1. The molecule has 0 aliphatic carbocycles. The van der Waals surface area contributed by atoms with Gasteiger partial charge in [-0.15, -0.1) is 0 Å². The van der Waals surface area contributed by atoms with Crippen molar-refractivity contribution in [2.45, 2.75) is 175 Å². The minimum Gasteiger partial charge on any atom is -0.387 e. The van der Waals surface area contributed by atoms with Gasteiger partial charge in [0, 0.05) is 27.9 Å². The lowest BCUT2D eigenvalue weighted by atomic mass is 9.79. The highest BCUT2D eigenvalue weighted by atomic mass is 32.2. The molecule has 3 unspecified atom stereocenters. The van der Waals surface area contributed by atoms with Crippen molar-refractivity contribution in [1.29, 1.82) is 0 Å². The normalized spacial score (nSPS) is 21.5. The van der Waals surface area contributed by atoms with Gasteiger partial charge in [-0.25, -0.2) is 4.99 Å². The van der Waals surface area contributed by atoms with Crippen molar-refractivity contribution in [3.63, 3.8) is 0 Å². The molecular weight excluding hydrogens is 627 g/mol. The average Bonchev–Trinajstić information content (AvgIpc) is 3.15. The Morgan fingerprint density at radius 3 is 2.02 bits per heavy atom. The third kappa shape index (κ3) is 6.64. The van der Waals surface area contributed by atoms with E-state index in [1.807, 2.05) is 39.5 Å². The molecule has 2 aromatic carbocycles. The Morgan fingerprint density at radius 1 is 0.878 bits per heavy atom. The van der Waals surface area contributed by atoms with Crippen LogP contribution in [0.25, 0.3) is 0 Å². The number of nitrogens with one attached hydrogen (secondary N) is 2. The number of rotatable bonds is 9. The molecule has 7 nitrogen and oxygen atoms in total. The Kier molecular flexibility index (Phi) is 11.0. The van der Waals surface area contributed by atoms with Gasteiger partial charge in [0.25, 0.3) is 0 Å². The monoisotopic (exact) mass is 694 g/mol. The summed E-state index contributed by atoms with van der Waals surface area (Å²) in [5.41, 5.74) is 6.73. The molecule has 274 valence electrons. The van der Waals surface area contributed by atoms with Gasteiger partial charge < -0.3 is 14.7 Å². The molecule has 0 radical (unpaired) electrons. The molecule has 0 bridgehead atoms. The molecule has 2 aliphatic rings. The number of fused-ring (bicyclic) bond motifs is 2. The van der Waals surface area contributed by atoms with Crippen LogP contribution < -0.4 is 10.6 Å². The van der Waals surface area contributed by atoms with Crippen molar-refractivity contribution in [3.8, 4) is 0 Å². The quantitative estimate of drug-likeness (QED) is 0.228. The van der Waals surface area contributed by atoms with Crippen LogP contribution in [-0.4, -0.2) is 80.6 Å². The molecule has 3 atom stereocenters. The first-order valence-electron chi connectivity index (χ1n) is 18.3. The Labute approximate surface area is 303 Å². The standard InChI is InChI=1S/C41H67N5O2S/c1-19-42-32-23-45(38(12,13)41(18,43-20-2)48-40(16,17)39(14,15)47)30(9)37(10,11)46(32)36-33-28(7)26(5)27(6)29(8)35(33)49-34-25(4)24(3)21-22-31(34)44-36/h21-22,30,32,42-43,47H,19-20,23H2,1-18H3. The third-order valence-corrected chi connectivity index (χ3v) is 14.2. The molecule has 3 N–H and O–H groups in total. The smallest absolute Gasteiger partial charge is 0.139 e. The van der Waals surface area contributed by atoms with Crippen LogP contribution in [0, 0.1) is 41.5 Å². The number of nitrogens with zero attached hydrogens (tertiary/aromatic N) is 3. The number of aryl methyl sites for hydroxylation is 1. The van der Waals surface area contributed by atoms with E-state index in [0.29, 0.717) is 0 Å². The fraction of sp³-hybridized carbons (Fsp3) is 0.683. The number of piperazine rings is 1. The minimum atomic E-state index is -1.04. The number of benzene rings is 2. The summed E-state index contributed by atoms with van der Waals surface area (Å²) in [4.78, 5) is 13.5. The molecular formula is C41H67N5O2S. The van der Waals surface area contributed by atoms with E-state index in [9.17, 15) is 5.11 Å². The molecule has 1 saturated heterocycles. The van der Waals surface area contributed by atoms with E-state index < -0.39 is 22.5 Å². The summed E-state index contributed by atoms with van der Waals surface area (Å²) < 4.78 is 7.02. The van der Waals surface area contributed by atoms with Crippen LogP contribution in [0.2, 0.25) is 0 Å². The van der Waals surface area contributed by atoms with Gasteiger partial charge in [0.05, 0.1) is 34.1 Å². The number of ether oxygens (including phenoxy) is 1. The largest absolute Gasteiger partial charge is 0.387 e. The fourth-order valence-corrected chi connectivity index (χ4v) is 9.06. The van der Waals surface area contributed by atoms with Crippen molar-refractivity contribution in [3.05, 3.63) is 51.1 Å². The maximum atomic E-state index is 11.2. The lowest BCUT2D eigenvalue weighted by Gasteiger charge is -2.64. The zero-order chi connectivity index (χ0) is 37.2. The van der Waals surface area contributed by atoms with Gasteiger partial charge in [0.15, 0.2) is 0 Å². The first kappa shape index (κ1) is 39.8. The van der Waals surface area contributed by atoms with Gasteiger partial charge in [0.2, 0.25) is 0 Å². The molecule has 0 aromatic heterocycles. The maximum Gasteiger partial charge on any atom is 0.139 e. The molecule has 0 spiro atoms. The van der Waals surface area contributed by atoms with Crippen LogP contribution in [0.4, 0.5) is 5.69 Å². The lowest BCUT2D eigenvalue weighted by Crippen LogP contribution is -2.80. The van der Waals surface area contributed by atoms with Crippen molar-refractivity contribution < 1.29 is 9.84 Å². The SMILES string of the molecule is CCNC1CN(C(C)(C)C(C)(NCC)OC(C)(C)C(C)(C)O)C(C)C(C)(C)N1C1=Nc2ccc(C)c(C)c2Sc2c(C)c(C)c(C)c(C)c21. The van der Waals surface area contributed by atoms with E-state index in [-0.39, 0.29) is 17.7 Å². The van der Waals surface area contributed by atoms with E-state index in [4.69, 9.17) is 9.73 Å². The summed E-state index contributed by atoms with van der Waals surface area (Å²) in [5, 5.41) is 18.8. The average molecular weight is 694 g/mol. The molecule has 1 fully saturated rings. The molecule has 0 amide bonds. The topological polar surface area (TPSA) is 72.4 Å². The van der Waals surface area contributed by atoms with Gasteiger partial charge in [0.1, 0.15) is 11.6 Å². The van der Waals surface area contributed by atoms with E-state index in [1.165, 1.54) is 48.7 Å². The van der Waals surface area contributed by atoms with Crippen LogP contribution in [0.15, 0.2) is 26.9 Å². The summed E-state index contributed by atoms with van der Waals surface area (Å²) in [6.45, 7) is 41.6. The van der Waals surface area contributed by atoms with Crippen molar-refractivity contribution in [2.24, 2.45) is 4.99 Å². The summed E-state index contributed by atoms with van der Waals surface area (Å²) in [6.07, 6.45) is -0.0327. The molecule has 2 heterocycles. The second-order valence-corrected chi connectivity index (χ2v) is 17.8. The Bertz CT molecular complexity index is 1600. The molecule has 0 saturated carbocycles. The van der Waals surface area contributed by atoms with Gasteiger partial charge in [-0.05, 0) is 163 Å². The molecule has 2 aliphatic heterocycles. The summed E-state index contributed by atoms with van der Waals surface area (Å²) in [5.74, 6) is 1.04. The summed E-state index contributed by atoms with van der Waals surface area (Å²) in [6, 6.07) is 4.52. The van der Waals surface area contributed by atoms with Gasteiger partial charge in [-0.2, -0.15) is 0 Å². The Hall–Kier alpha value is -1.94. The maximum absolute atomic E-state index is 11.2. The number of amidine groups is 1. The molecule has 8 heteroatoms. The molecule has 49 heavy (non-hydrogen) atoms. The second kappa shape index (κ2) is 13.6. The van der Waals surface area contributed by atoms with Crippen LogP contribution >= 0.6 is 11.8 Å². The summed E-state index contributed by atoms with van der Waals surface area (Å²) >= 11 is 1.89. The predicted octanol–water partition coefficient (Wildman–Crippen LogP) is 8.47. The fourth-order valence-electron chi connectivity index (χ4n) is 7.67. The Morgan fingerprint density at radius 2 is 1.47 bits per heavy atom. The van der Waals surface area contributed by atoms with E-state index in [1.54, 1.807) is 0 Å². The zero-order valence-electron chi connectivity index (χ0n) is 34.0. The first-order valence-corrected chi connectivity index (χ1v) is 19.2. The Balaban J connectivity index is 1.96. The van der Waals surface area contributed by atoms with Gasteiger partial charge >= 0.3 is 0 Å². The predicted molar refractivity (Wildman–Crippen MR) is 209 cm³/mol. The van der Waals surface area contributed by atoms with Crippen LogP contribution in [0.1, 0.15) is 122 Å². The third-order valence-electron chi connectivity index (χ3n) is 12.7. The first-order chi connectivity index (χ1) is 22.4. The van der Waals surface area contributed by atoms with Crippen LogP contribution in [0.5, 0.6) is 0 Å². The zero-order valence-corrected chi connectivity index (χ0v) is 34.9. The highest BCUT2D eigenvalue weighted by molar-refractivity contribution is 7.99. The number of aliphatic imine (C=N–C) groups is 1. The van der Waals surface area contributed by atoms with E-state index in [0.717, 1.165) is 31.2 Å². The highest BCUT2D eigenvalue weighted by Crippen LogP contribution is 2.49.